The zero-order valence-electron chi connectivity index (χ0n) is 18.4. The van der Waals surface area contributed by atoms with Crippen molar-refractivity contribution in [3.63, 3.8) is 0 Å². The minimum Gasteiger partial charge on any atom is -0.494 e. The summed E-state index contributed by atoms with van der Waals surface area (Å²) in [5.74, 6) is 2.57. The van der Waals surface area contributed by atoms with Crippen LogP contribution in [0, 0.1) is 5.92 Å². The number of aromatic nitrogens is 1. The van der Waals surface area contributed by atoms with Gasteiger partial charge in [-0.3, -0.25) is 0 Å². The largest absolute Gasteiger partial charge is 0.494 e. The van der Waals surface area contributed by atoms with Crippen molar-refractivity contribution in [3.8, 4) is 11.5 Å². The van der Waals surface area contributed by atoms with E-state index < -0.39 is 0 Å². The molecule has 2 aromatic carbocycles. The molecule has 2 aliphatic heterocycles. The number of hydrogen-bond acceptors (Lipinski definition) is 3. The predicted octanol–water partition coefficient (Wildman–Crippen LogP) is 5.32. The highest BCUT2D eigenvalue weighted by molar-refractivity contribution is 5.36. The molecule has 31 heavy (non-hydrogen) atoms. The van der Waals surface area contributed by atoms with Crippen molar-refractivity contribution in [1.82, 2.24) is 9.47 Å². The first-order valence-corrected chi connectivity index (χ1v) is 11.6. The van der Waals surface area contributed by atoms with Crippen LogP contribution in [0.4, 0.5) is 0 Å². The van der Waals surface area contributed by atoms with Crippen LogP contribution < -0.4 is 9.47 Å². The molecule has 0 N–H and O–H groups in total. The quantitative estimate of drug-likeness (QED) is 0.544. The minimum atomic E-state index is 0.145. The zero-order chi connectivity index (χ0) is 21.0. The number of rotatable bonds is 6. The van der Waals surface area contributed by atoms with Gasteiger partial charge >= 0.3 is 0 Å². The van der Waals surface area contributed by atoms with Gasteiger partial charge in [-0.25, -0.2) is 0 Å². The molecule has 3 aromatic rings. The smallest absolute Gasteiger partial charge is 0.141 e. The molecule has 0 saturated carbocycles. The van der Waals surface area contributed by atoms with Crippen molar-refractivity contribution >= 4 is 0 Å². The summed E-state index contributed by atoms with van der Waals surface area (Å²) in [6.45, 7) is 7.04. The molecule has 5 rings (SSSR count). The lowest BCUT2D eigenvalue weighted by Crippen LogP contribution is -2.38. The van der Waals surface area contributed by atoms with Gasteiger partial charge < -0.3 is 18.9 Å². The highest BCUT2D eigenvalue weighted by atomic mass is 16.5. The Morgan fingerprint density at radius 2 is 1.77 bits per heavy atom. The van der Waals surface area contributed by atoms with Gasteiger partial charge in [-0.2, -0.15) is 0 Å². The fraction of sp³-hybridized carbons (Fsp3) is 0.407. The second kappa shape index (κ2) is 9.19. The second-order valence-corrected chi connectivity index (χ2v) is 8.71. The van der Waals surface area contributed by atoms with Crippen LogP contribution in [0.1, 0.15) is 42.7 Å². The normalized spacial score (nSPS) is 19.2. The summed E-state index contributed by atoms with van der Waals surface area (Å²) < 4.78 is 14.5. The highest BCUT2D eigenvalue weighted by Crippen LogP contribution is 2.39. The van der Waals surface area contributed by atoms with Gasteiger partial charge in [0.15, 0.2) is 0 Å². The van der Waals surface area contributed by atoms with Gasteiger partial charge in [0.2, 0.25) is 0 Å². The number of hydrogen-bond donors (Lipinski definition) is 0. The number of nitrogens with zero attached hydrogens (tertiary/aromatic N) is 2. The Hall–Kier alpha value is -2.72. The maximum Gasteiger partial charge on any atom is 0.141 e. The van der Waals surface area contributed by atoms with Crippen LogP contribution in [0.2, 0.25) is 0 Å². The van der Waals surface area contributed by atoms with E-state index in [2.05, 4.69) is 76.3 Å². The lowest BCUT2D eigenvalue weighted by atomic mass is 9.89. The first-order valence-electron chi connectivity index (χ1n) is 11.6. The maximum atomic E-state index is 6.63. The third kappa shape index (κ3) is 4.49. The van der Waals surface area contributed by atoms with Crippen LogP contribution in [-0.2, 0) is 13.0 Å². The summed E-state index contributed by atoms with van der Waals surface area (Å²) in [5.41, 5.74) is 3.98. The molecule has 0 radical (unpaired) electrons. The fourth-order valence-corrected chi connectivity index (χ4v) is 4.98. The van der Waals surface area contributed by atoms with Crippen molar-refractivity contribution in [2.24, 2.45) is 5.92 Å². The van der Waals surface area contributed by atoms with E-state index in [-0.39, 0.29) is 6.10 Å². The summed E-state index contributed by atoms with van der Waals surface area (Å²) in [6.07, 6.45) is 5.79. The Labute approximate surface area is 185 Å². The van der Waals surface area contributed by atoms with Gasteiger partial charge in [-0.1, -0.05) is 30.3 Å². The Kier molecular flexibility index (Phi) is 5.99. The molecule has 1 aromatic heterocycles. The number of piperidine rings is 1. The number of benzene rings is 2. The third-order valence-electron chi connectivity index (χ3n) is 6.73. The molecule has 2 aliphatic rings. The van der Waals surface area contributed by atoms with Gasteiger partial charge in [0.1, 0.15) is 17.6 Å². The van der Waals surface area contributed by atoms with E-state index in [0.717, 1.165) is 50.7 Å². The molecule has 0 amide bonds. The summed E-state index contributed by atoms with van der Waals surface area (Å²) >= 11 is 0. The first-order chi connectivity index (χ1) is 15.3. The molecule has 3 heterocycles. The Bertz CT molecular complexity index is 986. The van der Waals surface area contributed by atoms with Crippen LogP contribution in [0.3, 0.4) is 0 Å². The molecule has 1 atom stereocenters. The zero-order valence-corrected chi connectivity index (χ0v) is 18.4. The maximum absolute atomic E-state index is 6.63. The van der Waals surface area contributed by atoms with E-state index in [4.69, 9.17) is 9.47 Å². The molecule has 4 nitrogen and oxygen atoms in total. The van der Waals surface area contributed by atoms with Crippen molar-refractivity contribution in [2.75, 3.05) is 26.2 Å². The highest BCUT2D eigenvalue weighted by Gasteiger charge is 2.32. The summed E-state index contributed by atoms with van der Waals surface area (Å²) in [7, 11) is 0. The summed E-state index contributed by atoms with van der Waals surface area (Å²) in [6, 6.07) is 21.5. The van der Waals surface area contributed by atoms with E-state index in [9.17, 15) is 0 Å². The number of para-hydroxylation sites is 1. The molecule has 0 aliphatic carbocycles. The average Bonchev–Trinajstić information content (AvgIpc) is 3.20. The Morgan fingerprint density at radius 3 is 2.58 bits per heavy atom. The van der Waals surface area contributed by atoms with Crippen LogP contribution in [0.5, 0.6) is 11.5 Å². The van der Waals surface area contributed by atoms with Crippen LogP contribution in [-0.4, -0.2) is 35.7 Å². The van der Waals surface area contributed by atoms with E-state index >= 15 is 0 Å². The van der Waals surface area contributed by atoms with Crippen LogP contribution in [0.25, 0.3) is 0 Å². The van der Waals surface area contributed by atoms with Gasteiger partial charge in [0.05, 0.1) is 18.8 Å². The topological polar surface area (TPSA) is 26.6 Å². The van der Waals surface area contributed by atoms with Crippen molar-refractivity contribution < 1.29 is 9.47 Å². The second-order valence-electron chi connectivity index (χ2n) is 8.71. The number of likely N-dealkylation sites (tertiary alicyclic amines) is 1. The molecular formula is C27H32N2O2. The van der Waals surface area contributed by atoms with Crippen molar-refractivity contribution in [2.45, 2.75) is 38.8 Å². The van der Waals surface area contributed by atoms with E-state index in [1.54, 1.807) is 0 Å². The van der Waals surface area contributed by atoms with E-state index in [1.165, 1.54) is 29.7 Å². The summed E-state index contributed by atoms with van der Waals surface area (Å²) in [4.78, 5) is 2.61. The van der Waals surface area contributed by atoms with Gasteiger partial charge in [0, 0.05) is 24.2 Å². The molecule has 4 heteroatoms. The molecular weight excluding hydrogens is 384 g/mol. The Balaban J connectivity index is 1.19. The molecule has 1 saturated heterocycles. The van der Waals surface area contributed by atoms with Crippen molar-refractivity contribution in [1.29, 1.82) is 0 Å². The standard InChI is InChI=1S/C27H32N2O2/c1-2-30-24-11-9-21(10-12-24)13-17-28-18-14-22(15-19-28)27-25-7-5-16-29(25)20-23-6-3-4-8-26(23)31-27/h3-12,16,22,27H,2,13-15,17-20H2,1H3. The Morgan fingerprint density at radius 1 is 0.968 bits per heavy atom. The fourth-order valence-electron chi connectivity index (χ4n) is 4.98. The lowest BCUT2D eigenvalue weighted by Gasteiger charge is -2.36. The van der Waals surface area contributed by atoms with Gasteiger partial charge in [-0.15, -0.1) is 0 Å². The minimum absolute atomic E-state index is 0.145. The monoisotopic (exact) mass is 416 g/mol. The van der Waals surface area contributed by atoms with E-state index in [1.807, 2.05) is 6.92 Å². The predicted molar refractivity (Wildman–Crippen MR) is 124 cm³/mol. The summed E-state index contributed by atoms with van der Waals surface area (Å²) in [5, 5.41) is 0. The van der Waals surface area contributed by atoms with E-state index in [0.29, 0.717) is 5.92 Å². The first kappa shape index (κ1) is 20.2. The van der Waals surface area contributed by atoms with Crippen LogP contribution >= 0.6 is 0 Å². The van der Waals surface area contributed by atoms with Crippen molar-refractivity contribution in [3.05, 3.63) is 83.7 Å². The van der Waals surface area contributed by atoms with Crippen LogP contribution in [0.15, 0.2) is 66.9 Å². The lowest BCUT2D eigenvalue weighted by molar-refractivity contribution is 0.0745. The molecule has 0 spiro atoms. The number of ether oxygens (including phenoxy) is 2. The molecule has 0 bridgehead atoms. The average molecular weight is 417 g/mol. The molecule has 162 valence electrons. The SMILES string of the molecule is CCOc1ccc(CCN2CCC(C3Oc4ccccc4Cn4cccc43)CC2)cc1. The van der Waals surface area contributed by atoms with Gasteiger partial charge in [0.25, 0.3) is 0 Å². The third-order valence-corrected chi connectivity index (χ3v) is 6.73. The molecule has 1 unspecified atom stereocenters. The number of fused-ring (bicyclic) bond motifs is 2. The molecule has 1 fully saturated rings. The van der Waals surface area contributed by atoms with Gasteiger partial charge in [-0.05, 0) is 75.2 Å².